The summed E-state index contributed by atoms with van der Waals surface area (Å²) in [5.74, 6) is 0.597. The lowest BCUT2D eigenvalue weighted by Gasteiger charge is -1.88. The molecular formula is C9H10N2O. The third-order valence-electron chi connectivity index (χ3n) is 1.84. The van der Waals surface area contributed by atoms with Crippen LogP contribution >= 0.6 is 0 Å². The van der Waals surface area contributed by atoms with Gasteiger partial charge < -0.3 is 10.2 Å². The lowest BCUT2D eigenvalue weighted by Crippen LogP contribution is -1.95. The lowest BCUT2D eigenvalue weighted by atomic mass is 10.2. The minimum absolute atomic E-state index is 0.355. The van der Waals surface area contributed by atoms with E-state index in [4.69, 9.17) is 10.2 Å². The minimum Gasteiger partial charge on any atom is -0.439 e. The van der Waals surface area contributed by atoms with E-state index in [1.165, 1.54) is 0 Å². The number of nitrogens with zero attached hydrogens (tertiary/aromatic N) is 1. The molecule has 0 saturated heterocycles. The molecular weight excluding hydrogens is 152 g/mol. The molecule has 0 saturated carbocycles. The van der Waals surface area contributed by atoms with Gasteiger partial charge in [-0.25, -0.2) is 4.98 Å². The molecule has 1 aromatic carbocycles. The average Bonchev–Trinajstić information content (AvgIpc) is 2.49. The van der Waals surface area contributed by atoms with E-state index in [9.17, 15) is 0 Å². The Kier molecular flexibility index (Phi) is 1.59. The van der Waals surface area contributed by atoms with Gasteiger partial charge in [0.25, 0.3) is 0 Å². The molecule has 2 aromatic rings. The molecule has 0 aliphatic carbocycles. The molecule has 3 nitrogen and oxygen atoms in total. The van der Waals surface area contributed by atoms with Crippen LogP contribution in [0.4, 0.5) is 0 Å². The molecule has 0 bridgehead atoms. The largest absolute Gasteiger partial charge is 0.439 e. The van der Waals surface area contributed by atoms with Gasteiger partial charge in [-0.2, -0.15) is 0 Å². The molecule has 2 N–H and O–H groups in total. The van der Waals surface area contributed by atoms with Crippen LogP contribution in [0.2, 0.25) is 0 Å². The van der Waals surface area contributed by atoms with Crippen molar-refractivity contribution in [3.63, 3.8) is 0 Å². The summed E-state index contributed by atoms with van der Waals surface area (Å²) in [6.07, 6.45) is 0. The molecule has 0 unspecified atom stereocenters. The Morgan fingerprint density at radius 2 is 2.33 bits per heavy atom. The Morgan fingerprint density at radius 1 is 1.50 bits per heavy atom. The predicted molar refractivity (Wildman–Crippen MR) is 46.6 cm³/mol. The van der Waals surface area contributed by atoms with Gasteiger partial charge in [0.05, 0.1) is 6.54 Å². The number of hydrogen-bond acceptors (Lipinski definition) is 3. The molecule has 0 fully saturated rings. The van der Waals surface area contributed by atoms with E-state index in [2.05, 4.69) is 4.98 Å². The van der Waals surface area contributed by atoms with E-state index in [0.29, 0.717) is 12.4 Å². The summed E-state index contributed by atoms with van der Waals surface area (Å²) in [4.78, 5) is 4.24. The van der Waals surface area contributed by atoms with Gasteiger partial charge in [0.2, 0.25) is 5.89 Å². The van der Waals surface area contributed by atoms with Gasteiger partial charge in [0.15, 0.2) is 5.58 Å². The zero-order valence-electron chi connectivity index (χ0n) is 6.87. The van der Waals surface area contributed by atoms with Crippen molar-refractivity contribution in [2.24, 2.45) is 5.73 Å². The quantitative estimate of drug-likeness (QED) is 0.692. The number of aryl methyl sites for hydroxylation is 1. The molecule has 62 valence electrons. The van der Waals surface area contributed by atoms with Gasteiger partial charge in [-0.15, -0.1) is 0 Å². The van der Waals surface area contributed by atoms with Crippen molar-refractivity contribution in [2.75, 3.05) is 0 Å². The fraction of sp³-hybridized carbons (Fsp3) is 0.222. The van der Waals surface area contributed by atoms with E-state index in [1.807, 2.05) is 25.1 Å². The fourth-order valence-corrected chi connectivity index (χ4v) is 1.22. The predicted octanol–water partition coefficient (Wildman–Crippen LogP) is 1.59. The van der Waals surface area contributed by atoms with Gasteiger partial charge in [-0.3, -0.25) is 0 Å². The number of nitrogens with two attached hydrogens (primary N) is 1. The molecule has 0 spiro atoms. The third-order valence-corrected chi connectivity index (χ3v) is 1.84. The van der Waals surface area contributed by atoms with Crippen molar-refractivity contribution in [1.82, 2.24) is 4.98 Å². The second-order valence-corrected chi connectivity index (χ2v) is 2.73. The maximum absolute atomic E-state index is 5.41. The van der Waals surface area contributed by atoms with Crippen LogP contribution in [0.5, 0.6) is 0 Å². The van der Waals surface area contributed by atoms with Gasteiger partial charge in [-0.1, -0.05) is 12.1 Å². The van der Waals surface area contributed by atoms with Crippen molar-refractivity contribution in [3.8, 4) is 0 Å². The summed E-state index contributed by atoms with van der Waals surface area (Å²) in [6, 6.07) is 5.85. The van der Waals surface area contributed by atoms with Crippen LogP contribution in [-0.4, -0.2) is 4.98 Å². The number of rotatable bonds is 1. The highest BCUT2D eigenvalue weighted by Crippen LogP contribution is 2.18. The SMILES string of the molecule is Cc1cccc2oc(CN)nc12. The Bertz CT molecular complexity index is 406. The topological polar surface area (TPSA) is 52.0 Å². The van der Waals surface area contributed by atoms with Crippen molar-refractivity contribution in [1.29, 1.82) is 0 Å². The fourth-order valence-electron chi connectivity index (χ4n) is 1.22. The number of aromatic nitrogens is 1. The first-order valence-corrected chi connectivity index (χ1v) is 3.86. The zero-order chi connectivity index (χ0) is 8.55. The number of oxazole rings is 1. The summed E-state index contributed by atoms with van der Waals surface area (Å²) in [5, 5.41) is 0. The first-order valence-electron chi connectivity index (χ1n) is 3.86. The Balaban J connectivity index is 2.74. The van der Waals surface area contributed by atoms with Gasteiger partial charge >= 0.3 is 0 Å². The first kappa shape index (κ1) is 7.31. The van der Waals surface area contributed by atoms with Crippen molar-refractivity contribution in [3.05, 3.63) is 29.7 Å². The van der Waals surface area contributed by atoms with Crippen molar-refractivity contribution in [2.45, 2.75) is 13.5 Å². The molecule has 1 aromatic heterocycles. The molecule has 0 radical (unpaired) electrons. The van der Waals surface area contributed by atoms with E-state index in [-0.39, 0.29) is 0 Å². The molecule has 3 heteroatoms. The monoisotopic (exact) mass is 162 g/mol. The smallest absolute Gasteiger partial charge is 0.209 e. The van der Waals surface area contributed by atoms with Crippen LogP contribution in [0.25, 0.3) is 11.1 Å². The normalized spacial score (nSPS) is 10.8. The van der Waals surface area contributed by atoms with Crippen LogP contribution in [-0.2, 0) is 6.54 Å². The Hall–Kier alpha value is -1.35. The first-order chi connectivity index (χ1) is 5.81. The van der Waals surface area contributed by atoms with Crippen molar-refractivity contribution >= 4 is 11.1 Å². The van der Waals surface area contributed by atoms with E-state index < -0.39 is 0 Å². The molecule has 0 aliphatic rings. The zero-order valence-corrected chi connectivity index (χ0v) is 6.87. The molecule has 12 heavy (non-hydrogen) atoms. The Morgan fingerprint density at radius 3 is 3.00 bits per heavy atom. The van der Waals surface area contributed by atoms with Gasteiger partial charge in [0, 0.05) is 0 Å². The minimum atomic E-state index is 0.355. The number of benzene rings is 1. The maximum atomic E-state index is 5.41. The number of fused-ring (bicyclic) bond motifs is 1. The highest BCUT2D eigenvalue weighted by Gasteiger charge is 2.04. The van der Waals surface area contributed by atoms with Crippen LogP contribution in [0.1, 0.15) is 11.5 Å². The van der Waals surface area contributed by atoms with Crippen molar-refractivity contribution < 1.29 is 4.42 Å². The highest BCUT2D eigenvalue weighted by molar-refractivity contribution is 5.76. The third kappa shape index (κ3) is 0.987. The summed E-state index contributed by atoms with van der Waals surface area (Å²) in [5.41, 5.74) is 8.26. The molecule has 0 aliphatic heterocycles. The van der Waals surface area contributed by atoms with Crippen LogP contribution < -0.4 is 5.73 Å². The van der Waals surface area contributed by atoms with E-state index in [0.717, 1.165) is 16.7 Å². The standard InChI is InChI=1S/C9H10N2O/c1-6-3-2-4-7-9(6)11-8(5-10)12-7/h2-4H,5,10H2,1H3. The highest BCUT2D eigenvalue weighted by atomic mass is 16.3. The second kappa shape index (κ2) is 2.60. The van der Waals surface area contributed by atoms with Gasteiger partial charge in [0.1, 0.15) is 5.52 Å². The van der Waals surface area contributed by atoms with Crippen LogP contribution in [0.15, 0.2) is 22.6 Å². The summed E-state index contributed by atoms with van der Waals surface area (Å²) >= 11 is 0. The molecule has 2 rings (SSSR count). The summed E-state index contributed by atoms with van der Waals surface area (Å²) in [7, 11) is 0. The lowest BCUT2D eigenvalue weighted by molar-refractivity contribution is 0.533. The molecule has 0 atom stereocenters. The summed E-state index contributed by atoms with van der Waals surface area (Å²) in [6.45, 7) is 2.36. The average molecular weight is 162 g/mol. The second-order valence-electron chi connectivity index (χ2n) is 2.73. The summed E-state index contributed by atoms with van der Waals surface area (Å²) < 4.78 is 5.36. The molecule has 0 amide bonds. The van der Waals surface area contributed by atoms with Gasteiger partial charge in [-0.05, 0) is 18.6 Å². The van der Waals surface area contributed by atoms with E-state index in [1.54, 1.807) is 0 Å². The number of hydrogen-bond donors (Lipinski definition) is 1. The molecule has 1 heterocycles. The maximum Gasteiger partial charge on any atom is 0.209 e. The number of para-hydroxylation sites is 1. The van der Waals surface area contributed by atoms with E-state index >= 15 is 0 Å². The van der Waals surface area contributed by atoms with Crippen LogP contribution in [0, 0.1) is 6.92 Å². The Labute approximate surface area is 70.2 Å². The van der Waals surface area contributed by atoms with Crippen LogP contribution in [0.3, 0.4) is 0 Å².